The zero-order valence-electron chi connectivity index (χ0n) is 8.55. The summed E-state index contributed by atoms with van der Waals surface area (Å²) in [4.78, 5) is 0. The summed E-state index contributed by atoms with van der Waals surface area (Å²) in [6.07, 6.45) is 12.0. The summed E-state index contributed by atoms with van der Waals surface area (Å²) in [7, 11) is -0.266. The molecular weight excluding hydrogens is 160 g/mol. The molecule has 0 aromatic heterocycles. The Morgan fingerprint density at radius 2 is 2.25 bits per heavy atom. The molecule has 0 amide bonds. The molecule has 0 heterocycles. The van der Waals surface area contributed by atoms with Crippen molar-refractivity contribution >= 4 is 8.80 Å². The highest BCUT2D eigenvalue weighted by molar-refractivity contribution is 6.55. The van der Waals surface area contributed by atoms with Crippen LogP contribution >= 0.6 is 0 Å². The van der Waals surface area contributed by atoms with Gasteiger partial charge in [-0.1, -0.05) is 37.7 Å². The van der Waals surface area contributed by atoms with E-state index < -0.39 is 0 Å². The van der Waals surface area contributed by atoms with E-state index in [4.69, 9.17) is 0 Å². The van der Waals surface area contributed by atoms with Gasteiger partial charge in [0.15, 0.2) is 0 Å². The van der Waals surface area contributed by atoms with E-state index in [1.807, 2.05) is 0 Å². The van der Waals surface area contributed by atoms with Crippen LogP contribution in [0.4, 0.5) is 0 Å². The van der Waals surface area contributed by atoms with E-state index in [2.05, 4.69) is 25.2 Å². The number of rotatable bonds is 4. The lowest BCUT2D eigenvalue weighted by molar-refractivity contribution is 0.499. The predicted octanol–water partition coefficient (Wildman–Crippen LogP) is 3.61. The molecule has 12 heavy (non-hydrogen) atoms. The van der Waals surface area contributed by atoms with Gasteiger partial charge in [0.1, 0.15) is 0 Å². The van der Waals surface area contributed by atoms with Gasteiger partial charge in [0.05, 0.1) is 0 Å². The minimum absolute atomic E-state index is 0.266. The van der Waals surface area contributed by atoms with Crippen LogP contribution in [-0.2, 0) is 0 Å². The molecule has 1 aliphatic rings. The minimum Gasteiger partial charge on any atom is -0.0883 e. The second-order valence-electron chi connectivity index (χ2n) is 4.44. The van der Waals surface area contributed by atoms with Gasteiger partial charge in [-0.2, -0.15) is 0 Å². The Bertz CT molecular complexity index is 138. The maximum atomic E-state index is 2.46. The standard InChI is InChI=1S/C11H22Si/c1-12(2)10-6-9-11-7-4-3-5-8-11/h4,7,11-12H,3,5-6,8-10H2,1-2H3/t11-/m0/s1. The molecule has 0 saturated heterocycles. The monoisotopic (exact) mass is 182 g/mol. The van der Waals surface area contributed by atoms with Gasteiger partial charge in [-0.3, -0.25) is 0 Å². The van der Waals surface area contributed by atoms with Gasteiger partial charge in [-0.25, -0.2) is 0 Å². The van der Waals surface area contributed by atoms with E-state index in [0.717, 1.165) is 5.92 Å². The maximum absolute atomic E-state index is 2.46. The molecule has 1 heteroatoms. The summed E-state index contributed by atoms with van der Waals surface area (Å²) >= 11 is 0. The van der Waals surface area contributed by atoms with Gasteiger partial charge >= 0.3 is 0 Å². The van der Waals surface area contributed by atoms with E-state index in [1.54, 1.807) is 6.04 Å². The van der Waals surface area contributed by atoms with Crippen molar-refractivity contribution in [2.75, 3.05) is 0 Å². The van der Waals surface area contributed by atoms with E-state index in [0.29, 0.717) is 0 Å². The second-order valence-corrected chi connectivity index (χ2v) is 7.81. The predicted molar refractivity (Wildman–Crippen MR) is 59.4 cm³/mol. The first-order valence-electron chi connectivity index (χ1n) is 5.45. The van der Waals surface area contributed by atoms with Crippen molar-refractivity contribution in [2.24, 2.45) is 5.92 Å². The molecule has 0 nitrogen and oxygen atoms in total. The summed E-state index contributed by atoms with van der Waals surface area (Å²) in [6.45, 7) is 4.91. The van der Waals surface area contributed by atoms with Crippen LogP contribution < -0.4 is 0 Å². The van der Waals surface area contributed by atoms with Crippen LogP contribution in [0.3, 0.4) is 0 Å². The summed E-state index contributed by atoms with van der Waals surface area (Å²) in [6, 6.07) is 1.55. The van der Waals surface area contributed by atoms with Crippen molar-refractivity contribution in [3.8, 4) is 0 Å². The number of hydrogen-bond donors (Lipinski definition) is 0. The Balaban J connectivity index is 2.06. The van der Waals surface area contributed by atoms with Crippen LogP contribution in [0, 0.1) is 5.92 Å². The Kier molecular flexibility index (Phi) is 4.67. The van der Waals surface area contributed by atoms with Crippen molar-refractivity contribution in [3.63, 3.8) is 0 Å². The van der Waals surface area contributed by atoms with Crippen molar-refractivity contribution < 1.29 is 0 Å². The molecule has 0 aromatic rings. The zero-order chi connectivity index (χ0) is 8.81. The third kappa shape index (κ3) is 4.10. The normalized spacial score (nSPS) is 23.4. The molecule has 0 radical (unpaired) electrons. The van der Waals surface area contributed by atoms with E-state index in [-0.39, 0.29) is 8.80 Å². The summed E-state index contributed by atoms with van der Waals surface area (Å²) in [5, 5.41) is 0. The third-order valence-electron chi connectivity index (χ3n) is 2.71. The third-order valence-corrected chi connectivity index (χ3v) is 4.27. The largest absolute Gasteiger partial charge is 0.0883 e. The fraction of sp³-hybridized carbons (Fsp3) is 0.818. The quantitative estimate of drug-likeness (QED) is 0.460. The molecule has 0 aliphatic heterocycles. The zero-order valence-corrected chi connectivity index (χ0v) is 9.71. The average Bonchev–Trinajstić information content (AvgIpc) is 2.05. The van der Waals surface area contributed by atoms with Crippen LogP contribution in [0.1, 0.15) is 32.1 Å². The molecule has 0 fully saturated rings. The average molecular weight is 182 g/mol. The van der Waals surface area contributed by atoms with Crippen LogP contribution in [0.15, 0.2) is 12.2 Å². The van der Waals surface area contributed by atoms with Crippen LogP contribution in [0.2, 0.25) is 19.1 Å². The Labute approximate surface area is 78.7 Å². The van der Waals surface area contributed by atoms with Crippen molar-refractivity contribution in [1.82, 2.24) is 0 Å². The second kappa shape index (κ2) is 5.58. The van der Waals surface area contributed by atoms with Gasteiger partial charge in [-0.05, 0) is 31.6 Å². The highest BCUT2D eigenvalue weighted by Crippen LogP contribution is 2.22. The molecule has 0 N–H and O–H groups in total. The Morgan fingerprint density at radius 1 is 1.42 bits per heavy atom. The topological polar surface area (TPSA) is 0 Å². The molecule has 1 atom stereocenters. The molecular formula is C11H22Si. The van der Waals surface area contributed by atoms with Gasteiger partial charge < -0.3 is 0 Å². The van der Waals surface area contributed by atoms with Gasteiger partial charge in [0, 0.05) is 8.80 Å². The van der Waals surface area contributed by atoms with Crippen LogP contribution in [0.25, 0.3) is 0 Å². The highest BCUT2D eigenvalue weighted by Gasteiger charge is 2.07. The molecule has 0 bridgehead atoms. The first-order valence-corrected chi connectivity index (χ1v) is 8.58. The van der Waals surface area contributed by atoms with Gasteiger partial charge in [0.25, 0.3) is 0 Å². The number of hydrogen-bond acceptors (Lipinski definition) is 0. The smallest absolute Gasteiger partial charge is 0.0305 e. The summed E-state index contributed by atoms with van der Waals surface area (Å²) < 4.78 is 0. The lowest BCUT2D eigenvalue weighted by Crippen LogP contribution is -2.03. The number of allylic oxidation sites excluding steroid dienone is 2. The highest BCUT2D eigenvalue weighted by atomic mass is 28.3. The lowest BCUT2D eigenvalue weighted by atomic mass is 9.92. The molecule has 0 aromatic carbocycles. The van der Waals surface area contributed by atoms with Gasteiger partial charge in [-0.15, -0.1) is 0 Å². The molecule has 0 saturated carbocycles. The maximum Gasteiger partial charge on any atom is 0.0305 e. The molecule has 0 spiro atoms. The van der Waals surface area contributed by atoms with E-state index in [1.165, 1.54) is 32.1 Å². The Morgan fingerprint density at radius 3 is 2.83 bits per heavy atom. The van der Waals surface area contributed by atoms with Gasteiger partial charge in [0.2, 0.25) is 0 Å². The van der Waals surface area contributed by atoms with E-state index >= 15 is 0 Å². The first-order chi connectivity index (χ1) is 5.79. The first kappa shape index (κ1) is 10.0. The Hall–Kier alpha value is -0.0431. The van der Waals surface area contributed by atoms with E-state index in [9.17, 15) is 0 Å². The van der Waals surface area contributed by atoms with Crippen molar-refractivity contribution in [2.45, 2.75) is 51.2 Å². The van der Waals surface area contributed by atoms with Crippen molar-refractivity contribution in [3.05, 3.63) is 12.2 Å². The van der Waals surface area contributed by atoms with Crippen LogP contribution in [0.5, 0.6) is 0 Å². The fourth-order valence-corrected chi connectivity index (χ4v) is 2.96. The van der Waals surface area contributed by atoms with Crippen molar-refractivity contribution in [1.29, 1.82) is 0 Å². The minimum atomic E-state index is -0.266. The fourth-order valence-electron chi connectivity index (χ4n) is 1.91. The lowest BCUT2D eigenvalue weighted by Gasteiger charge is -2.16. The summed E-state index contributed by atoms with van der Waals surface area (Å²) in [5.74, 6) is 0.937. The summed E-state index contributed by atoms with van der Waals surface area (Å²) in [5.41, 5.74) is 0. The SMILES string of the molecule is C[SiH](C)CCC[C@H]1C=CCCC1. The molecule has 70 valence electrons. The molecule has 1 aliphatic carbocycles. The van der Waals surface area contributed by atoms with Crippen LogP contribution in [-0.4, -0.2) is 8.80 Å². The molecule has 1 rings (SSSR count). The molecule has 0 unspecified atom stereocenters.